The summed E-state index contributed by atoms with van der Waals surface area (Å²) in [6, 6.07) is 4.62. The third-order valence-electron chi connectivity index (χ3n) is 2.37. The van der Waals surface area contributed by atoms with Crippen LogP contribution in [0.4, 0.5) is 4.39 Å². The molecule has 0 saturated carbocycles. The average molecular weight is 227 g/mol. The number of benzene rings is 1. The van der Waals surface area contributed by atoms with Crippen LogP contribution in [0.1, 0.15) is 18.5 Å². The molecule has 0 aliphatic rings. The molecule has 0 radical (unpaired) electrons. The monoisotopic (exact) mass is 227 g/mol. The summed E-state index contributed by atoms with van der Waals surface area (Å²) in [6.45, 7) is 3.12. The van der Waals surface area contributed by atoms with Crippen molar-refractivity contribution in [1.82, 2.24) is 5.32 Å². The summed E-state index contributed by atoms with van der Waals surface area (Å²) in [5, 5.41) is 3.17. The van der Waals surface area contributed by atoms with Crippen molar-refractivity contribution in [3.63, 3.8) is 0 Å². The molecule has 0 aliphatic carbocycles. The Labute approximate surface area is 95.6 Å². The SMILES string of the molecule is CCNC(COC)c1c(F)cccc1OC. The molecule has 1 aromatic carbocycles. The van der Waals surface area contributed by atoms with E-state index in [0.29, 0.717) is 17.9 Å². The van der Waals surface area contributed by atoms with E-state index in [2.05, 4.69) is 5.32 Å². The van der Waals surface area contributed by atoms with Crippen molar-refractivity contribution in [3.8, 4) is 5.75 Å². The minimum atomic E-state index is -0.276. The van der Waals surface area contributed by atoms with Crippen LogP contribution in [-0.2, 0) is 4.74 Å². The van der Waals surface area contributed by atoms with Gasteiger partial charge in [0.15, 0.2) is 0 Å². The van der Waals surface area contributed by atoms with Crippen LogP contribution in [0.15, 0.2) is 18.2 Å². The molecule has 0 saturated heterocycles. The maximum absolute atomic E-state index is 13.8. The summed E-state index contributed by atoms with van der Waals surface area (Å²) in [4.78, 5) is 0. The molecule has 0 amide bonds. The number of hydrogen-bond donors (Lipinski definition) is 1. The van der Waals surface area contributed by atoms with E-state index < -0.39 is 0 Å². The zero-order valence-electron chi connectivity index (χ0n) is 9.92. The van der Waals surface area contributed by atoms with Crippen molar-refractivity contribution >= 4 is 0 Å². The van der Waals surface area contributed by atoms with E-state index in [1.165, 1.54) is 13.2 Å². The van der Waals surface area contributed by atoms with Crippen molar-refractivity contribution in [2.24, 2.45) is 0 Å². The summed E-state index contributed by atoms with van der Waals surface area (Å²) in [5.74, 6) is 0.269. The fraction of sp³-hybridized carbons (Fsp3) is 0.500. The molecule has 3 nitrogen and oxygen atoms in total. The van der Waals surface area contributed by atoms with Gasteiger partial charge >= 0.3 is 0 Å². The van der Waals surface area contributed by atoms with Gasteiger partial charge in [0.2, 0.25) is 0 Å². The fourth-order valence-electron chi connectivity index (χ4n) is 1.69. The highest BCUT2D eigenvalue weighted by atomic mass is 19.1. The lowest BCUT2D eigenvalue weighted by atomic mass is 10.1. The van der Waals surface area contributed by atoms with Crippen LogP contribution < -0.4 is 10.1 Å². The first-order chi connectivity index (χ1) is 7.74. The van der Waals surface area contributed by atoms with E-state index in [1.54, 1.807) is 19.2 Å². The number of methoxy groups -OCH3 is 2. The van der Waals surface area contributed by atoms with E-state index in [9.17, 15) is 4.39 Å². The van der Waals surface area contributed by atoms with Crippen molar-refractivity contribution in [3.05, 3.63) is 29.6 Å². The third-order valence-corrected chi connectivity index (χ3v) is 2.37. The molecular weight excluding hydrogens is 209 g/mol. The molecule has 16 heavy (non-hydrogen) atoms. The Balaban J connectivity index is 3.05. The number of ether oxygens (including phenoxy) is 2. The fourth-order valence-corrected chi connectivity index (χ4v) is 1.69. The third kappa shape index (κ3) is 2.93. The highest BCUT2D eigenvalue weighted by molar-refractivity contribution is 5.37. The summed E-state index contributed by atoms with van der Waals surface area (Å²) < 4.78 is 24.0. The van der Waals surface area contributed by atoms with Gasteiger partial charge in [-0.05, 0) is 18.7 Å². The van der Waals surface area contributed by atoms with Crippen LogP contribution in [0.2, 0.25) is 0 Å². The first-order valence-corrected chi connectivity index (χ1v) is 5.29. The molecule has 1 unspecified atom stereocenters. The summed E-state index contributed by atoms with van der Waals surface area (Å²) in [6.07, 6.45) is 0. The van der Waals surface area contributed by atoms with Crippen LogP contribution in [0.5, 0.6) is 5.75 Å². The van der Waals surface area contributed by atoms with Gasteiger partial charge in [0, 0.05) is 12.7 Å². The van der Waals surface area contributed by atoms with Crippen molar-refractivity contribution in [2.45, 2.75) is 13.0 Å². The second-order valence-electron chi connectivity index (χ2n) is 3.42. The van der Waals surface area contributed by atoms with Gasteiger partial charge in [-0.2, -0.15) is 0 Å². The van der Waals surface area contributed by atoms with Crippen LogP contribution in [-0.4, -0.2) is 27.4 Å². The lowest BCUT2D eigenvalue weighted by molar-refractivity contribution is 0.164. The normalized spacial score (nSPS) is 12.5. The summed E-state index contributed by atoms with van der Waals surface area (Å²) >= 11 is 0. The highest BCUT2D eigenvalue weighted by Gasteiger charge is 2.19. The van der Waals surface area contributed by atoms with E-state index in [-0.39, 0.29) is 11.9 Å². The van der Waals surface area contributed by atoms with Crippen LogP contribution in [0.25, 0.3) is 0 Å². The molecule has 0 aromatic heterocycles. The standard InChI is InChI=1S/C12H18FNO2/c1-4-14-10(8-15-2)12-9(13)6-5-7-11(12)16-3/h5-7,10,14H,4,8H2,1-3H3. The molecule has 1 rings (SSSR count). The van der Waals surface area contributed by atoms with Gasteiger partial charge in [0.1, 0.15) is 11.6 Å². The molecule has 4 heteroatoms. The summed E-state index contributed by atoms with van der Waals surface area (Å²) in [5.41, 5.74) is 0.522. The van der Waals surface area contributed by atoms with Crippen LogP contribution in [0, 0.1) is 5.82 Å². The first kappa shape index (κ1) is 12.9. The lowest BCUT2D eigenvalue weighted by Crippen LogP contribution is -2.26. The number of halogens is 1. The Kier molecular flexibility index (Phi) is 5.22. The first-order valence-electron chi connectivity index (χ1n) is 5.29. The van der Waals surface area contributed by atoms with Gasteiger partial charge in [-0.15, -0.1) is 0 Å². The Morgan fingerprint density at radius 1 is 1.38 bits per heavy atom. The molecule has 1 aromatic rings. The Bertz CT molecular complexity index is 325. The minimum Gasteiger partial charge on any atom is -0.496 e. The van der Waals surface area contributed by atoms with Gasteiger partial charge < -0.3 is 14.8 Å². The largest absolute Gasteiger partial charge is 0.496 e. The average Bonchev–Trinajstić information content (AvgIpc) is 2.28. The van der Waals surface area contributed by atoms with Crippen molar-refractivity contribution in [2.75, 3.05) is 27.4 Å². The Morgan fingerprint density at radius 3 is 2.69 bits per heavy atom. The molecule has 1 N–H and O–H groups in total. The van der Waals surface area contributed by atoms with Crippen molar-refractivity contribution in [1.29, 1.82) is 0 Å². The van der Waals surface area contributed by atoms with Gasteiger partial charge in [0.05, 0.1) is 19.8 Å². The van der Waals surface area contributed by atoms with E-state index >= 15 is 0 Å². The smallest absolute Gasteiger partial charge is 0.131 e. The minimum absolute atomic E-state index is 0.189. The van der Waals surface area contributed by atoms with Gasteiger partial charge in [-0.3, -0.25) is 0 Å². The second kappa shape index (κ2) is 6.45. The maximum Gasteiger partial charge on any atom is 0.131 e. The van der Waals surface area contributed by atoms with E-state index in [1.807, 2.05) is 6.92 Å². The van der Waals surface area contributed by atoms with Gasteiger partial charge in [-0.25, -0.2) is 4.39 Å². The van der Waals surface area contributed by atoms with E-state index in [0.717, 1.165) is 6.54 Å². The molecule has 0 heterocycles. The molecule has 0 bridgehead atoms. The molecule has 0 aliphatic heterocycles. The zero-order chi connectivity index (χ0) is 12.0. The Hall–Kier alpha value is -1.13. The number of likely N-dealkylation sites (N-methyl/N-ethyl adjacent to an activating group) is 1. The topological polar surface area (TPSA) is 30.5 Å². The lowest BCUT2D eigenvalue weighted by Gasteiger charge is -2.20. The molecule has 0 fully saturated rings. The van der Waals surface area contributed by atoms with E-state index in [4.69, 9.17) is 9.47 Å². The van der Waals surface area contributed by atoms with Gasteiger partial charge in [0.25, 0.3) is 0 Å². The molecular formula is C12H18FNO2. The predicted molar refractivity (Wildman–Crippen MR) is 61.2 cm³/mol. The van der Waals surface area contributed by atoms with Crippen LogP contribution in [0.3, 0.4) is 0 Å². The second-order valence-corrected chi connectivity index (χ2v) is 3.42. The molecule has 1 atom stereocenters. The molecule has 0 spiro atoms. The number of hydrogen-bond acceptors (Lipinski definition) is 3. The highest BCUT2D eigenvalue weighted by Crippen LogP contribution is 2.27. The molecule has 90 valence electrons. The summed E-state index contributed by atoms with van der Waals surface area (Å²) in [7, 11) is 3.13. The van der Waals surface area contributed by atoms with Gasteiger partial charge in [-0.1, -0.05) is 13.0 Å². The van der Waals surface area contributed by atoms with Crippen LogP contribution >= 0.6 is 0 Å². The number of nitrogens with one attached hydrogen (secondary N) is 1. The predicted octanol–water partition coefficient (Wildman–Crippen LogP) is 2.13. The van der Waals surface area contributed by atoms with Crippen molar-refractivity contribution < 1.29 is 13.9 Å². The zero-order valence-corrected chi connectivity index (χ0v) is 9.92. The quantitative estimate of drug-likeness (QED) is 0.807. The maximum atomic E-state index is 13.8. The Morgan fingerprint density at radius 2 is 2.12 bits per heavy atom. The number of rotatable bonds is 6.